The number of carbonyl (C=O) groups excluding carboxylic acids is 1. The molecule has 0 aliphatic carbocycles. The van der Waals surface area contributed by atoms with E-state index in [-0.39, 0.29) is 18.7 Å². The van der Waals surface area contributed by atoms with Gasteiger partial charge in [0.25, 0.3) is 5.91 Å². The molecule has 1 amide bonds. The van der Waals surface area contributed by atoms with E-state index in [1.165, 1.54) is 0 Å². The zero-order valence-corrected chi connectivity index (χ0v) is 14.2. The summed E-state index contributed by atoms with van der Waals surface area (Å²) in [7, 11) is 0. The first-order valence-electron chi connectivity index (χ1n) is 8.69. The summed E-state index contributed by atoms with van der Waals surface area (Å²) in [5, 5.41) is 0. The smallest absolute Gasteiger partial charge is 0.254 e. The Labute approximate surface area is 147 Å². The van der Waals surface area contributed by atoms with E-state index in [9.17, 15) is 4.79 Å². The molecule has 2 aliphatic heterocycles. The molecule has 130 valence electrons. The maximum absolute atomic E-state index is 13.0. The van der Waals surface area contributed by atoms with Crippen LogP contribution in [0.1, 0.15) is 41.7 Å². The van der Waals surface area contributed by atoms with Crippen molar-refractivity contribution in [2.45, 2.75) is 25.8 Å². The number of hydrogen-bond acceptors (Lipinski definition) is 4. The molecule has 1 saturated heterocycles. The molecule has 0 aromatic heterocycles. The van der Waals surface area contributed by atoms with E-state index in [1.807, 2.05) is 30.0 Å². The fraction of sp³-hybridized carbons (Fsp3) is 0.350. The third kappa shape index (κ3) is 3.02. The average Bonchev–Trinajstić information content (AvgIpc) is 3.30. The zero-order valence-electron chi connectivity index (χ0n) is 14.2. The van der Waals surface area contributed by atoms with Crippen LogP contribution in [0, 0.1) is 0 Å². The maximum atomic E-state index is 13.0. The van der Waals surface area contributed by atoms with Crippen LogP contribution in [0.3, 0.4) is 0 Å². The van der Waals surface area contributed by atoms with Gasteiger partial charge in [0.2, 0.25) is 6.79 Å². The number of hydrogen-bond donors (Lipinski definition) is 0. The molecule has 0 spiro atoms. The number of nitrogens with zero attached hydrogens (tertiary/aromatic N) is 1. The largest absolute Gasteiger partial charge is 0.494 e. The minimum absolute atomic E-state index is 0.0367. The van der Waals surface area contributed by atoms with E-state index in [1.54, 1.807) is 12.1 Å². The molecule has 0 saturated carbocycles. The van der Waals surface area contributed by atoms with Crippen molar-refractivity contribution >= 4 is 5.91 Å². The lowest BCUT2D eigenvalue weighted by Gasteiger charge is -2.25. The molecule has 25 heavy (non-hydrogen) atoms. The first kappa shape index (κ1) is 15.8. The van der Waals surface area contributed by atoms with Crippen LogP contribution in [0.25, 0.3) is 0 Å². The highest BCUT2D eigenvalue weighted by Crippen LogP contribution is 2.36. The molecule has 0 radical (unpaired) electrons. The van der Waals surface area contributed by atoms with Crippen LogP contribution in [-0.2, 0) is 0 Å². The van der Waals surface area contributed by atoms with Gasteiger partial charge in [0.05, 0.1) is 12.6 Å². The van der Waals surface area contributed by atoms with Gasteiger partial charge in [-0.15, -0.1) is 0 Å². The minimum atomic E-state index is 0.0367. The molecular weight excluding hydrogens is 318 g/mol. The van der Waals surface area contributed by atoms with Crippen molar-refractivity contribution in [1.82, 2.24) is 4.90 Å². The Bertz CT molecular complexity index is 772. The molecule has 0 bridgehead atoms. The van der Waals surface area contributed by atoms with Gasteiger partial charge < -0.3 is 19.1 Å². The Morgan fingerprint density at radius 3 is 2.76 bits per heavy atom. The van der Waals surface area contributed by atoms with E-state index in [0.717, 1.165) is 30.7 Å². The third-order valence-corrected chi connectivity index (χ3v) is 4.71. The van der Waals surface area contributed by atoms with Gasteiger partial charge in [0, 0.05) is 12.1 Å². The molecule has 1 atom stereocenters. The van der Waals surface area contributed by atoms with Gasteiger partial charge >= 0.3 is 0 Å². The lowest BCUT2D eigenvalue weighted by atomic mass is 10.0. The van der Waals surface area contributed by atoms with Crippen LogP contribution in [-0.4, -0.2) is 30.8 Å². The fourth-order valence-electron chi connectivity index (χ4n) is 3.50. The average molecular weight is 339 g/mol. The van der Waals surface area contributed by atoms with Crippen LogP contribution < -0.4 is 14.2 Å². The van der Waals surface area contributed by atoms with Crippen molar-refractivity contribution < 1.29 is 19.0 Å². The Balaban J connectivity index is 1.55. The van der Waals surface area contributed by atoms with Crippen LogP contribution in [0.2, 0.25) is 0 Å². The second kappa shape index (κ2) is 6.67. The Kier molecular flexibility index (Phi) is 4.22. The Morgan fingerprint density at radius 1 is 1.16 bits per heavy atom. The van der Waals surface area contributed by atoms with Gasteiger partial charge in [-0.25, -0.2) is 0 Å². The third-order valence-electron chi connectivity index (χ3n) is 4.71. The summed E-state index contributed by atoms with van der Waals surface area (Å²) in [4.78, 5) is 15.0. The maximum Gasteiger partial charge on any atom is 0.254 e. The molecule has 5 heteroatoms. The molecule has 0 N–H and O–H groups in total. The van der Waals surface area contributed by atoms with E-state index >= 15 is 0 Å². The molecule has 1 fully saturated rings. The first-order chi connectivity index (χ1) is 12.3. The topological polar surface area (TPSA) is 48.0 Å². The molecule has 5 nitrogen and oxygen atoms in total. The van der Waals surface area contributed by atoms with Gasteiger partial charge in [-0.3, -0.25) is 4.79 Å². The lowest BCUT2D eigenvalue weighted by molar-refractivity contribution is 0.0735. The number of fused-ring (bicyclic) bond motifs is 1. The van der Waals surface area contributed by atoms with Gasteiger partial charge in [-0.05, 0) is 55.7 Å². The molecule has 2 aromatic rings. The van der Waals surface area contributed by atoms with Crippen molar-refractivity contribution in [3.8, 4) is 17.2 Å². The molecule has 2 heterocycles. The molecule has 2 aromatic carbocycles. The number of carbonyl (C=O) groups is 1. The summed E-state index contributed by atoms with van der Waals surface area (Å²) in [5.41, 5.74) is 1.79. The number of amides is 1. The van der Waals surface area contributed by atoms with E-state index < -0.39 is 0 Å². The number of rotatable bonds is 4. The molecule has 2 aliphatic rings. The first-order valence-corrected chi connectivity index (χ1v) is 8.69. The fourth-order valence-corrected chi connectivity index (χ4v) is 3.50. The molecular formula is C20H21NO4. The van der Waals surface area contributed by atoms with Crippen molar-refractivity contribution in [1.29, 1.82) is 0 Å². The van der Waals surface area contributed by atoms with Gasteiger partial charge in [0.1, 0.15) is 5.75 Å². The Morgan fingerprint density at radius 2 is 1.96 bits per heavy atom. The second-order valence-electron chi connectivity index (χ2n) is 6.23. The van der Waals surface area contributed by atoms with Crippen molar-refractivity contribution in [3.63, 3.8) is 0 Å². The van der Waals surface area contributed by atoms with Crippen LogP contribution in [0.4, 0.5) is 0 Å². The lowest BCUT2D eigenvalue weighted by Crippen LogP contribution is -2.30. The van der Waals surface area contributed by atoms with Gasteiger partial charge in [0.15, 0.2) is 11.5 Å². The standard InChI is InChI=1S/C20H21NO4/c1-2-23-16-8-5-14(6-9-16)17-4-3-11-21(17)20(22)15-7-10-18-19(12-15)25-13-24-18/h5-10,12,17H,2-4,11,13H2,1H3. The predicted octanol–water partition coefficient (Wildman–Crippen LogP) is 3.79. The van der Waals surface area contributed by atoms with Crippen molar-refractivity contribution in [3.05, 3.63) is 53.6 Å². The summed E-state index contributed by atoms with van der Waals surface area (Å²) in [5.74, 6) is 2.23. The zero-order chi connectivity index (χ0) is 17.2. The van der Waals surface area contributed by atoms with Crippen LogP contribution in [0.5, 0.6) is 17.2 Å². The summed E-state index contributed by atoms with van der Waals surface area (Å²) in [6.07, 6.45) is 1.98. The predicted molar refractivity (Wildman–Crippen MR) is 93.2 cm³/mol. The van der Waals surface area contributed by atoms with Gasteiger partial charge in [-0.1, -0.05) is 12.1 Å². The summed E-state index contributed by atoms with van der Waals surface area (Å²) < 4.78 is 16.2. The SMILES string of the molecule is CCOc1ccc(C2CCCN2C(=O)c2ccc3c(c2)OCO3)cc1. The summed E-state index contributed by atoms with van der Waals surface area (Å²) in [6, 6.07) is 13.6. The van der Waals surface area contributed by atoms with Crippen molar-refractivity contribution in [2.24, 2.45) is 0 Å². The van der Waals surface area contributed by atoms with Crippen molar-refractivity contribution in [2.75, 3.05) is 19.9 Å². The van der Waals surface area contributed by atoms with Crippen LogP contribution in [0.15, 0.2) is 42.5 Å². The summed E-state index contributed by atoms with van der Waals surface area (Å²) in [6.45, 7) is 3.60. The summed E-state index contributed by atoms with van der Waals surface area (Å²) >= 11 is 0. The molecule has 4 rings (SSSR count). The number of ether oxygens (including phenoxy) is 3. The highest BCUT2D eigenvalue weighted by atomic mass is 16.7. The van der Waals surface area contributed by atoms with E-state index in [4.69, 9.17) is 14.2 Å². The highest BCUT2D eigenvalue weighted by Gasteiger charge is 2.31. The Hall–Kier alpha value is -2.69. The monoisotopic (exact) mass is 339 g/mol. The quantitative estimate of drug-likeness (QED) is 0.850. The highest BCUT2D eigenvalue weighted by molar-refractivity contribution is 5.95. The number of likely N-dealkylation sites (tertiary alicyclic amines) is 1. The van der Waals surface area contributed by atoms with E-state index in [2.05, 4.69) is 12.1 Å². The molecule has 1 unspecified atom stereocenters. The van der Waals surface area contributed by atoms with Gasteiger partial charge in [-0.2, -0.15) is 0 Å². The normalized spacial score (nSPS) is 18.4. The number of benzene rings is 2. The minimum Gasteiger partial charge on any atom is -0.494 e. The van der Waals surface area contributed by atoms with E-state index in [0.29, 0.717) is 23.7 Å². The van der Waals surface area contributed by atoms with Crippen LogP contribution >= 0.6 is 0 Å². The second-order valence-corrected chi connectivity index (χ2v) is 6.23.